The Morgan fingerprint density at radius 2 is 1.80 bits per heavy atom. The molecule has 0 heterocycles. The van der Waals surface area contributed by atoms with Crippen LogP contribution in [-0.4, -0.2) is 7.05 Å². The van der Waals surface area contributed by atoms with Crippen molar-refractivity contribution in [3.05, 3.63) is 69.2 Å². The Hall–Kier alpha value is -1.02. The molecule has 3 heteroatoms. The second-order valence-electron chi connectivity index (χ2n) is 5.21. The first-order valence-corrected chi connectivity index (χ1v) is 7.59. The molecule has 3 rings (SSSR count). The summed E-state index contributed by atoms with van der Waals surface area (Å²) in [5.41, 5.74) is 3.74. The van der Waals surface area contributed by atoms with Crippen LogP contribution in [0.3, 0.4) is 0 Å². The minimum Gasteiger partial charge on any atom is -0.313 e. The highest BCUT2D eigenvalue weighted by Gasteiger charge is 2.27. The number of hydrogen-bond acceptors (Lipinski definition) is 1. The van der Waals surface area contributed by atoms with Gasteiger partial charge in [-0.05, 0) is 48.7 Å². The number of rotatable bonds is 2. The van der Waals surface area contributed by atoms with Crippen LogP contribution in [-0.2, 0) is 0 Å². The van der Waals surface area contributed by atoms with Crippen molar-refractivity contribution in [2.24, 2.45) is 0 Å². The van der Waals surface area contributed by atoms with Crippen LogP contribution in [0.25, 0.3) is 0 Å². The van der Waals surface area contributed by atoms with E-state index in [1.807, 2.05) is 25.2 Å². The maximum Gasteiger partial charge on any atom is 0.122 e. The highest BCUT2D eigenvalue weighted by atomic mass is 35.5. The first-order chi connectivity index (χ1) is 10.1. The smallest absolute Gasteiger partial charge is 0.122 e. The lowest BCUT2D eigenvalue weighted by molar-refractivity contribution is 0.471. The summed E-state index contributed by atoms with van der Waals surface area (Å²) >= 11 is 12.2. The van der Waals surface area contributed by atoms with Crippen LogP contribution in [0.1, 0.15) is 41.5 Å². The molecule has 1 aliphatic rings. The zero-order chi connectivity index (χ0) is 15.0. The van der Waals surface area contributed by atoms with Gasteiger partial charge in [0, 0.05) is 12.0 Å². The number of halogens is 2. The minimum atomic E-state index is 0.167. The number of hydrogen-bond donors (Lipinski definition) is 1. The quantitative estimate of drug-likeness (QED) is 0.806. The van der Waals surface area contributed by atoms with E-state index in [2.05, 4.69) is 24.3 Å². The highest BCUT2D eigenvalue weighted by molar-refractivity contribution is 6.42. The molecule has 1 N–H and O–H groups in total. The van der Waals surface area contributed by atoms with Crippen LogP contribution < -0.4 is 5.31 Å². The molecule has 0 saturated heterocycles. The predicted octanol–water partition coefficient (Wildman–Crippen LogP) is 5.18. The van der Waals surface area contributed by atoms with Crippen molar-refractivity contribution in [2.45, 2.75) is 24.8 Å². The van der Waals surface area contributed by atoms with Gasteiger partial charge in [-0.25, -0.2) is 0 Å². The summed E-state index contributed by atoms with van der Waals surface area (Å²) in [5.74, 6) is 0.326. The standard InChI is InChI=1S/C17H17Cl2N/c1-20-17-9-7-12(13-4-2-3-5-14(13)17)11-6-8-15(18)16(19)10-11/h2-6,8,10,12,17,20H,7,9H2,1H3/t12-,17-/m0/s1/i/hD. The molecule has 2 atom stereocenters. The van der Waals surface area contributed by atoms with Crippen molar-refractivity contribution >= 4 is 23.2 Å². The third-order valence-corrected chi connectivity index (χ3v) is 4.86. The Morgan fingerprint density at radius 3 is 2.50 bits per heavy atom. The molecule has 0 bridgehead atoms. The van der Waals surface area contributed by atoms with Crippen LogP contribution in [0.5, 0.6) is 0 Å². The first kappa shape index (κ1) is 12.7. The predicted molar refractivity (Wildman–Crippen MR) is 85.8 cm³/mol. The van der Waals surface area contributed by atoms with Gasteiger partial charge in [-0.15, -0.1) is 0 Å². The average Bonchev–Trinajstić information content (AvgIpc) is 2.49. The molecule has 2 aromatic rings. The molecule has 1 aliphatic carbocycles. The number of benzene rings is 2. The normalized spacial score (nSPS) is 22.5. The van der Waals surface area contributed by atoms with Gasteiger partial charge in [-0.2, -0.15) is 0 Å². The SMILES string of the molecule is [2H]N(C)[C@H]1CC[C@@H](c2ccc(Cl)c(Cl)c2)c2ccccc21. The fraction of sp³-hybridized carbons (Fsp3) is 0.294. The molecule has 20 heavy (non-hydrogen) atoms. The van der Waals surface area contributed by atoms with Crippen LogP contribution >= 0.6 is 23.2 Å². The lowest BCUT2D eigenvalue weighted by atomic mass is 9.77. The van der Waals surface area contributed by atoms with Gasteiger partial charge >= 0.3 is 0 Å². The third-order valence-electron chi connectivity index (χ3n) is 4.12. The summed E-state index contributed by atoms with van der Waals surface area (Å²) in [5, 5.41) is 2.75. The molecule has 0 spiro atoms. The number of fused-ring (bicyclic) bond motifs is 1. The zero-order valence-electron chi connectivity index (χ0n) is 12.3. The van der Waals surface area contributed by atoms with Gasteiger partial charge < -0.3 is 5.31 Å². The number of nitrogens with one attached hydrogen (secondary N) is 1. The van der Waals surface area contributed by atoms with Crippen molar-refractivity contribution in [1.82, 2.24) is 5.31 Å². The van der Waals surface area contributed by atoms with Crippen LogP contribution in [0, 0.1) is 0 Å². The van der Waals surface area contributed by atoms with Gasteiger partial charge in [0.05, 0.1) is 10.0 Å². The van der Waals surface area contributed by atoms with Crippen LogP contribution in [0.2, 0.25) is 11.5 Å². The summed E-state index contributed by atoms with van der Waals surface area (Å²) in [7, 11) is 1.82. The summed E-state index contributed by atoms with van der Waals surface area (Å²) in [6.07, 6.45) is 1.99. The van der Waals surface area contributed by atoms with Crippen molar-refractivity contribution in [3.63, 3.8) is 0 Å². The Balaban J connectivity index is 2.05. The Morgan fingerprint density at radius 1 is 1.05 bits per heavy atom. The molecule has 0 aromatic heterocycles. The lowest BCUT2D eigenvalue weighted by Crippen LogP contribution is -2.24. The Bertz CT molecular complexity index is 657. The molecule has 0 saturated carbocycles. The Labute approximate surface area is 131 Å². The molecule has 1 nitrogen and oxygen atoms in total. The van der Waals surface area contributed by atoms with E-state index in [0.717, 1.165) is 12.8 Å². The molecule has 0 unspecified atom stereocenters. The third kappa shape index (κ3) is 2.46. The van der Waals surface area contributed by atoms with Crippen molar-refractivity contribution in [1.29, 1.82) is 0 Å². The monoisotopic (exact) mass is 306 g/mol. The second kappa shape index (κ2) is 5.77. The van der Waals surface area contributed by atoms with E-state index < -0.39 is 0 Å². The Kier molecular flexibility index (Phi) is 3.66. The molecule has 0 aliphatic heterocycles. The average molecular weight is 307 g/mol. The van der Waals surface area contributed by atoms with Gasteiger partial charge in [0.2, 0.25) is 0 Å². The van der Waals surface area contributed by atoms with Crippen molar-refractivity contribution < 1.29 is 1.41 Å². The van der Waals surface area contributed by atoms with Crippen molar-refractivity contribution in [3.8, 4) is 0 Å². The molecule has 0 fully saturated rings. The fourth-order valence-corrected chi connectivity index (χ4v) is 3.42. The first-order valence-electron chi connectivity index (χ1n) is 7.28. The maximum absolute atomic E-state index is 7.93. The van der Waals surface area contributed by atoms with Gasteiger partial charge in [-0.1, -0.05) is 53.5 Å². The molecule has 104 valence electrons. The van der Waals surface area contributed by atoms with E-state index in [9.17, 15) is 0 Å². The summed E-state index contributed by atoms with van der Waals surface area (Å²) in [6, 6.07) is 14.5. The van der Waals surface area contributed by atoms with Gasteiger partial charge in [0.25, 0.3) is 0 Å². The van der Waals surface area contributed by atoms with E-state index in [0.29, 0.717) is 16.0 Å². The molecular weight excluding hydrogens is 289 g/mol. The van der Waals surface area contributed by atoms with Crippen molar-refractivity contribution in [2.75, 3.05) is 7.05 Å². The van der Waals surface area contributed by atoms with E-state index >= 15 is 0 Å². The molecular formula is C17H17Cl2N. The van der Waals surface area contributed by atoms with Gasteiger partial charge in [-0.3, -0.25) is 0 Å². The lowest BCUT2D eigenvalue weighted by Gasteiger charge is -2.32. The van der Waals surface area contributed by atoms with E-state index in [4.69, 9.17) is 24.6 Å². The summed E-state index contributed by atoms with van der Waals surface area (Å²) < 4.78 is 7.93. The van der Waals surface area contributed by atoms with E-state index in [1.54, 1.807) is 5.31 Å². The highest BCUT2D eigenvalue weighted by Crippen LogP contribution is 2.42. The van der Waals surface area contributed by atoms with E-state index in [1.165, 1.54) is 16.7 Å². The molecule has 0 radical (unpaired) electrons. The van der Waals surface area contributed by atoms with Crippen LogP contribution in [0.15, 0.2) is 42.5 Å². The molecule has 0 amide bonds. The fourth-order valence-electron chi connectivity index (χ4n) is 3.11. The summed E-state index contributed by atoms with van der Waals surface area (Å²) in [4.78, 5) is 0. The second-order valence-corrected chi connectivity index (χ2v) is 6.02. The minimum absolute atomic E-state index is 0.167. The van der Waals surface area contributed by atoms with E-state index in [-0.39, 0.29) is 6.04 Å². The van der Waals surface area contributed by atoms with Crippen LogP contribution in [0.4, 0.5) is 0 Å². The largest absolute Gasteiger partial charge is 0.313 e. The topological polar surface area (TPSA) is 12.0 Å². The maximum atomic E-state index is 7.93. The van der Waals surface area contributed by atoms with Gasteiger partial charge in [0.1, 0.15) is 1.41 Å². The molecule has 2 aromatic carbocycles. The summed E-state index contributed by atoms with van der Waals surface area (Å²) in [6.45, 7) is 0. The van der Waals surface area contributed by atoms with Gasteiger partial charge in [0.15, 0.2) is 0 Å². The zero-order valence-corrected chi connectivity index (χ0v) is 12.8.